The smallest absolute Gasteiger partial charge is 0.345 e. The minimum absolute atomic E-state index is 0.00287. The number of nitrogens with zero attached hydrogens (tertiary/aromatic N) is 4. The number of likely N-dealkylation sites (N-methyl/N-ethyl adjacent to an activating group) is 1. The number of pyridine rings is 2. The monoisotopic (exact) mass is 521 g/mol. The Labute approximate surface area is 209 Å². The van der Waals surface area contributed by atoms with Gasteiger partial charge in [-0.2, -0.15) is 13.2 Å². The van der Waals surface area contributed by atoms with Crippen molar-refractivity contribution in [1.82, 2.24) is 24.4 Å². The van der Waals surface area contributed by atoms with Gasteiger partial charge in [0.2, 0.25) is 11.8 Å². The molecule has 37 heavy (non-hydrogen) atoms. The molecule has 1 radical (unpaired) electrons. The Morgan fingerprint density at radius 2 is 2.00 bits per heavy atom. The highest BCUT2D eigenvalue weighted by Gasteiger charge is 2.27. The molecule has 0 aliphatic rings. The van der Waals surface area contributed by atoms with Crippen molar-refractivity contribution < 1.29 is 27.2 Å². The summed E-state index contributed by atoms with van der Waals surface area (Å²) in [4.78, 5) is 48.5. The zero-order chi connectivity index (χ0) is 27.2. The molecule has 3 rings (SSSR count). The predicted molar refractivity (Wildman–Crippen MR) is 128 cm³/mol. The van der Waals surface area contributed by atoms with E-state index in [4.69, 9.17) is 0 Å². The first-order valence-electron chi connectivity index (χ1n) is 11.2. The van der Waals surface area contributed by atoms with Gasteiger partial charge in [-0.1, -0.05) is 6.08 Å². The van der Waals surface area contributed by atoms with Gasteiger partial charge in [0.05, 0.1) is 30.4 Å². The lowest BCUT2D eigenvalue weighted by molar-refractivity contribution is -0.134. The van der Waals surface area contributed by atoms with Crippen LogP contribution in [0, 0.1) is 12.2 Å². The Hall–Kier alpha value is -4.03. The molecule has 0 saturated heterocycles. The third-order valence-electron chi connectivity index (χ3n) is 5.21. The summed E-state index contributed by atoms with van der Waals surface area (Å²) < 4.78 is 53.3. The molecule has 13 heteroatoms. The fraction of sp³-hybridized carbons (Fsp3) is 0.333. The number of anilines is 1. The number of carbonyl (C=O) groups excluding carboxylic acids is 2. The minimum Gasteiger partial charge on any atom is -0.345 e. The van der Waals surface area contributed by atoms with Crippen LogP contribution in [0.4, 0.5) is 23.2 Å². The van der Waals surface area contributed by atoms with Crippen molar-refractivity contribution >= 4 is 28.5 Å². The molecule has 0 aliphatic carbocycles. The van der Waals surface area contributed by atoms with E-state index in [1.807, 2.05) is 0 Å². The molecule has 2 N–H and O–H groups in total. The van der Waals surface area contributed by atoms with Crippen molar-refractivity contribution in [3.63, 3.8) is 0 Å². The maximum atomic E-state index is 14.2. The number of H-pyrrole nitrogens is 1. The molecule has 0 bridgehead atoms. The van der Waals surface area contributed by atoms with E-state index in [-0.39, 0.29) is 40.7 Å². The standard InChI is InChI=1S/C24H25F4N6O3/c1-33(2)20(36)9-5-3-4-8-19(35)30-17-7-6-12-34(23(17)37)14-18-31-21-15(25)13-29-16(22(21)32-18)10-11-24(26,27)28/h5-9,12-13H,3-4,10-11,14H2,1-2H3,(H,30,35)(H,31,32)/b9-5+. The molecule has 0 aliphatic heterocycles. The van der Waals surface area contributed by atoms with Crippen LogP contribution in [0.15, 0.2) is 41.5 Å². The van der Waals surface area contributed by atoms with E-state index in [1.54, 1.807) is 20.2 Å². The number of hydrogen-bond donors (Lipinski definition) is 2. The number of fused-ring (bicyclic) bond motifs is 1. The second-order valence-electron chi connectivity index (χ2n) is 8.34. The van der Waals surface area contributed by atoms with E-state index >= 15 is 0 Å². The number of nitrogens with one attached hydrogen (secondary N) is 2. The van der Waals surface area contributed by atoms with E-state index in [2.05, 4.69) is 20.3 Å². The quantitative estimate of drug-likeness (QED) is 0.241. The summed E-state index contributed by atoms with van der Waals surface area (Å²) in [6, 6.07) is 2.93. The van der Waals surface area contributed by atoms with Crippen molar-refractivity contribution in [2.75, 3.05) is 19.4 Å². The Morgan fingerprint density at radius 1 is 1.24 bits per heavy atom. The zero-order valence-electron chi connectivity index (χ0n) is 20.1. The van der Waals surface area contributed by atoms with Gasteiger partial charge in [0.25, 0.3) is 5.56 Å². The summed E-state index contributed by atoms with van der Waals surface area (Å²) in [5.74, 6) is -1.35. The SMILES string of the molecule is CN(C)C(=O)/C=C/CC[CH]C(=O)Nc1cccn(Cc2nc3c(F)cnc(CCC(F)(F)F)c3[nH]2)c1=O. The number of hydrogen-bond acceptors (Lipinski definition) is 5. The highest BCUT2D eigenvalue weighted by molar-refractivity contribution is 5.96. The van der Waals surface area contributed by atoms with E-state index in [0.29, 0.717) is 12.8 Å². The first kappa shape index (κ1) is 27.6. The summed E-state index contributed by atoms with van der Waals surface area (Å²) in [5, 5.41) is 2.50. The first-order chi connectivity index (χ1) is 17.4. The Bertz CT molecular complexity index is 1360. The molecule has 9 nitrogen and oxygen atoms in total. The van der Waals surface area contributed by atoms with Gasteiger partial charge in [-0.25, -0.2) is 9.37 Å². The highest BCUT2D eigenvalue weighted by atomic mass is 19.4. The zero-order valence-corrected chi connectivity index (χ0v) is 20.1. The summed E-state index contributed by atoms with van der Waals surface area (Å²) in [6.07, 6.45) is 1.45. The van der Waals surface area contributed by atoms with Crippen molar-refractivity contribution in [2.24, 2.45) is 0 Å². The van der Waals surface area contributed by atoms with Crippen LogP contribution in [-0.2, 0) is 22.6 Å². The number of alkyl halides is 3. The van der Waals surface area contributed by atoms with Crippen LogP contribution in [0.2, 0.25) is 0 Å². The number of carbonyl (C=O) groups is 2. The number of amides is 2. The number of aromatic nitrogens is 4. The number of allylic oxidation sites excluding steroid dienone is 1. The normalized spacial score (nSPS) is 11.8. The van der Waals surface area contributed by atoms with Gasteiger partial charge < -0.3 is 19.8 Å². The maximum Gasteiger partial charge on any atom is 0.389 e. The second kappa shape index (κ2) is 11.8. The van der Waals surface area contributed by atoms with Crippen LogP contribution in [0.5, 0.6) is 0 Å². The van der Waals surface area contributed by atoms with E-state index in [0.717, 1.165) is 6.20 Å². The average Bonchev–Trinajstić information content (AvgIpc) is 3.25. The lowest BCUT2D eigenvalue weighted by atomic mass is 10.2. The van der Waals surface area contributed by atoms with Gasteiger partial charge in [-0.3, -0.25) is 19.4 Å². The molecule has 2 amide bonds. The van der Waals surface area contributed by atoms with Crippen molar-refractivity contribution in [3.8, 4) is 0 Å². The topological polar surface area (TPSA) is 113 Å². The van der Waals surface area contributed by atoms with Crippen LogP contribution < -0.4 is 10.9 Å². The molecule has 3 aromatic heterocycles. The average molecular weight is 521 g/mol. The number of halogens is 4. The summed E-state index contributed by atoms with van der Waals surface area (Å²) in [6.45, 7) is -0.149. The molecule has 0 atom stereocenters. The molecule has 0 fully saturated rings. The number of aromatic amines is 1. The Balaban J connectivity index is 1.67. The highest BCUT2D eigenvalue weighted by Crippen LogP contribution is 2.25. The van der Waals surface area contributed by atoms with Gasteiger partial charge in [0.1, 0.15) is 17.0 Å². The number of imidazole rings is 1. The van der Waals surface area contributed by atoms with E-state index in [1.165, 1.54) is 40.3 Å². The Morgan fingerprint density at radius 3 is 2.70 bits per heavy atom. The van der Waals surface area contributed by atoms with Gasteiger partial charge >= 0.3 is 6.18 Å². The third kappa shape index (κ3) is 7.72. The van der Waals surface area contributed by atoms with Gasteiger partial charge in [0, 0.05) is 33.1 Å². The lowest BCUT2D eigenvalue weighted by Crippen LogP contribution is -2.26. The predicted octanol–water partition coefficient (Wildman–Crippen LogP) is 3.37. The minimum atomic E-state index is -4.40. The Kier molecular flexibility index (Phi) is 8.79. The molecular weight excluding hydrogens is 496 g/mol. The van der Waals surface area contributed by atoms with Gasteiger partial charge in [-0.15, -0.1) is 0 Å². The van der Waals surface area contributed by atoms with Crippen LogP contribution in [-0.4, -0.2) is 56.5 Å². The molecule has 3 aromatic rings. The summed E-state index contributed by atoms with van der Waals surface area (Å²) in [5.41, 5.74) is -0.686. The summed E-state index contributed by atoms with van der Waals surface area (Å²) in [7, 11) is 3.25. The maximum absolute atomic E-state index is 14.2. The number of rotatable bonds is 10. The number of aryl methyl sites for hydroxylation is 1. The fourth-order valence-electron chi connectivity index (χ4n) is 3.33. The van der Waals surface area contributed by atoms with Crippen LogP contribution in [0.1, 0.15) is 30.8 Å². The van der Waals surface area contributed by atoms with Crippen molar-refractivity contribution in [2.45, 2.75) is 38.4 Å². The lowest BCUT2D eigenvalue weighted by Gasteiger charge is -2.08. The van der Waals surface area contributed by atoms with Gasteiger partial charge in [-0.05, 0) is 31.1 Å². The number of unbranched alkanes of at least 4 members (excludes halogenated alkanes) is 1. The largest absolute Gasteiger partial charge is 0.389 e. The van der Waals surface area contributed by atoms with E-state index < -0.39 is 36.3 Å². The molecule has 0 saturated carbocycles. The van der Waals surface area contributed by atoms with Crippen LogP contribution in [0.3, 0.4) is 0 Å². The summed E-state index contributed by atoms with van der Waals surface area (Å²) >= 11 is 0. The fourth-order valence-corrected chi connectivity index (χ4v) is 3.33. The van der Waals surface area contributed by atoms with Crippen LogP contribution >= 0.6 is 0 Å². The molecule has 197 valence electrons. The van der Waals surface area contributed by atoms with E-state index in [9.17, 15) is 31.9 Å². The molecule has 0 spiro atoms. The molecule has 0 aromatic carbocycles. The molecule has 0 unspecified atom stereocenters. The van der Waals surface area contributed by atoms with Crippen molar-refractivity contribution in [1.29, 1.82) is 0 Å². The first-order valence-corrected chi connectivity index (χ1v) is 11.2. The van der Waals surface area contributed by atoms with Crippen molar-refractivity contribution in [3.05, 3.63) is 70.8 Å². The molecule has 3 heterocycles. The van der Waals surface area contributed by atoms with Crippen LogP contribution in [0.25, 0.3) is 11.0 Å². The molecular formula is C24H25F4N6O3. The third-order valence-corrected chi connectivity index (χ3v) is 5.21. The van der Waals surface area contributed by atoms with Gasteiger partial charge in [0.15, 0.2) is 5.82 Å². The second-order valence-corrected chi connectivity index (χ2v) is 8.34.